The number of nitrogens with zero attached hydrogens (tertiary/aromatic N) is 1. The second-order valence-corrected chi connectivity index (χ2v) is 4.19. The first-order valence-electron chi connectivity index (χ1n) is 4.81. The van der Waals surface area contributed by atoms with Crippen LogP contribution in [0.5, 0.6) is 0 Å². The molecule has 0 spiro atoms. The number of amides is 1. The topological polar surface area (TPSA) is 79.3 Å². The van der Waals surface area contributed by atoms with Gasteiger partial charge in [0.15, 0.2) is 5.82 Å². The quantitative estimate of drug-likeness (QED) is 0.892. The van der Waals surface area contributed by atoms with Gasteiger partial charge in [-0.05, 0) is 17.5 Å². The number of hydrogen-bond donors (Lipinski definition) is 2. The van der Waals surface area contributed by atoms with Crippen LogP contribution in [0, 0.1) is 5.82 Å². The fraction of sp³-hybridized carbons (Fsp3) is 0. The van der Waals surface area contributed by atoms with Crippen LogP contribution in [0.3, 0.4) is 0 Å². The molecule has 0 radical (unpaired) electrons. The van der Waals surface area contributed by atoms with Crippen LogP contribution in [-0.4, -0.2) is 22.0 Å². The number of thiophene rings is 1. The highest BCUT2D eigenvalue weighted by atomic mass is 32.1. The Kier molecular flexibility index (Phi) is 3.33. The van der Waals surface area contributed by atoms with Crippen LogP contribution < -0.4 is 5.32 Å². The van der Waals surface area contributed by atoms with Crippen molar-refractivity contribution in [2.75, 3.05) is 5.32 Å². The normalized spacial score (nSPS) is 10.1. The minimum atomic E-state index is -1.14. The van der Waals surface area contributed by atoms with E-state index in [4.69, 9.17) is 5.11 Å². The van der Waals surface area contributed by atoms with Gasteiger partial charge in [0.1, 0.15) is 4.88 Å². The number of carbonyl (C=O) groups is 2. The Morgan fingerprint density at radius 1 is 1.39 bits per heavy atom. The van der Waals surface area contributed by atoms with Crippen LogP contribution in [0.25, 0.3) is 0 Å². The molecule has 0 unspecified atom stereocenters. The van der Waals surface area contributed by atoms with E-state index in [2.05, 4.69) is 10.3 Å². The number of aromatic carboxylic acids is 1. The molecular weight excluding hydrogens is 259 g/mol. The molecule has 7 heteroatoms. The molecule has 2 heterocycles. The first kappa shape index (κ1) is 12.2. The predicted molar refractivity (Wildman–Crippen MR) is 63.4 cm³/mol. The average molecular weight is 266 g/mol. The summed E-state index contributed by atoms with van der Waals surface area (Å²) < 4.78 is 13.3. The second-order valence-electron chi connectivity index (χ2n) is 3.28. The van der Waals surface area contributed by atoms with E-state index >= 15 is 0 Å². The summed E-state index contributed by atoms with van der Waals surface area (Å²) in [5, 5.41) is 12.7. The van der Waals surface area contributed by atoms with Crippen LogP contribution in [0.15, 0.2) is 29.9 Å². The summed E-state index contributed by atoms with van der Waals surface area (Å²) in [5.74, 6) is -2.62. The molecular formula is C11H7FN2O3S. The fourth-order valence-corrected chi connectivity index (χ4v) is 2.01. The minimum Gasteiger partial charge on any atom is -0.477 e. The lowest BCUT2D eigenvalue weighted by atomic mass is 10.2. The Labute approximate surface area is 105 Å². The van der Waals surface area contributed by atoms with Gasteiger partial charge in [0.05, 0.1) is 17.4 Å². The van der Waals surface area contributed by atoms with Crippen molar-refractivity contribution in [1.82, 2.24) is 4.98 Å². The van der Waals surface area contributed by atoms with Crippen LogP contribution in [-0.2, 0) is 0 Å². The molecule has 0 aliphatic rings. The Hall–Kier alpha value is -2.28. The van der Waals surface area contributed by atoms with E-state index < -0.39 is 17.7 Å². The highest BCUT2D eigenvalue weighted by Gasteiger charge is 2.16. The van der Waals surface area contributed by atoms with Crippen molar-refractivity contribution in [2.24, 2.45) is 0 Å². The molecule has 1 amide bonds. The monoisotopic (exact) mass is 266 g/mol. The van der Waals surface area contributed by atoms with Gasteiger partial charge in [-0.15, -0.1) is 11.3 Å². The van der Waals surface area contributed by atoms with Gasteiger partial charge in [0.2, 0.25) is 0 Å². The summed E-state index contributed by atoms with van der Waals surface area (Å²) in [4.78, 5) is 26.1. The standard InChI is InChI=1S/C11H7FN2O3S/c12-7-5-13-3-1-6(7)10(15)14-8-2-4-18-9(8)11(16)17/h1-5H,(H,14,15)(H,16,17). The van der Waals surface area contributed by atoms with E-state index in [1.807, 2.05) is 0 Å². The number of aromatic nitrogens is 1. The summed E-state index contributed by atoms with van der Waals surface area (Å²) in [6, 6.07) is 2.67. The molecule has 5 nitrogen and oxygen atoms in total. The summed E-state index contributed by atoms with van der Waals surface area (Å²) in [5.41, 5.74) is -0.0405. The molecule has 0 aliphatic carbocycles. The largest absolute Gasteiger partial charge is 0.477 e. The molecule has 0 bridgehead atoms. The Morgan fingerprint density at radius 2 is 2.17 bits per heavy atom. The van der Waals surface area contributed by atoms with Crippen molar-refractivity contribution in [3.05, 3.63) is 46.2 Å². The molecule has 2 N–H and O–H groups in total. The highest BCUT2D eigenvalue weighted by molar-refractivity contribution is 7.12. The van der Waals surface area contributed by atoms with Crippen LogP contribution >= 0.6 is 11.3 Å². The van der Waals surface area contributed by atoms with Gasteiger partial charge in [0.25, 0.3) is 5.91 Å². The van der Waals surface area contributed by atoms with E-state index in [9.17, 15) is 14.0 Å². The van der Waals surface area contributed by atoms with Crippen molar-refractivity contribution in [3.63, 3.8) is 0 Å². The number of pyridine rings is 1. The van der Waals surface area contributed by atoms with Crippen molar-refractivity contribution < 1.29 is 19.1 Å². The summed E-state index contributed by atoms with van der Waals surface area (Å²) in [6.07, 6.45) is 2.20. The summed E-state index contributed by atoms with van der Waals surface area (Å²) in [7, 11) is 0. The average Bonchev–Trinajstić information content (AvgIpc) is 2.77. The number of rotatable bonds is 3. The molecule has 2 aromatic heterocycles. The second kappa shape index (κ2) is 4.92. The van der Waals surface area contributed by atoms with Gasteiger partial charge in [-0.2, -0.15) is 0 Å². The summed E-state index contributed by atoms with van der Waals surface area (Å²) >= 11 is 0.979. The van der Waals surface area contributed by atoms with Crippen LogP contribution in [0.4, 0.5) is 10.1 Å². The van der Waals surface area contributed by atoms with Gasteiger partial charge in [-0.25, -0.2) is 9.18 Å². The number of hydrogen-bond acceptors (Lipinski definition) is 4. The van der Waals surface area contributed by atoms with Gasteiger partial charge in [0, 0.05) is 6.20 Å². The van der Waals surface area contributed by atoms with Gasteiger partial charge in [-0.3, -0.25) is 9.78 Å². The van der Waals surface area contributed by atoms with E-state index in [0.29, 0.717) is 0 Å². The maximum Gasteiger partial charge on any atom is 0.348 e. The first-order chi connectivity index (χ1) is 8.59. The van der Waals surface area contributed by atoms with Gasteiger partial charge < -0.3 is 10.4 Å². The molecule has 0 aromatic carbocycles. The van der Waals surface area contributed by atoms with Crippen LogP contribution in [0.2, 0.25) is 0 Å². The van der Waals surface area contributed by atoms with Crippen molar-refractivity contribution in [3.8, 4) is 0 Å². The molecule has 0 aliphatic heterocycles. The van der Waals surface area contributed by atoms with E-state index in [0.717, 1.165) is 17.5 Å². The number of halogens is 1. The maximum atomic E-state index is 13.3. The lowest BCUT2D eigenvalue weighted by Crippen LogP contribution is -2.15. The third kappa shape index (κ3) is 2.35. The third-order valence-electron chi connectivity index (χ3n) is 2.12. The molecule has 2 rings (SSSR count). The minimum absolute atomic E-state index is 0.00202. The molecule has 0 saturated heterocycles. The number of nitrogens with one attached hydrogen (secondary N) is 1. The molecule has 0 saturated carbocycles. The zero-order valence-electron chi connectivity index (χ0n) is 8.88. The van der Waals surface area contributed by atoms with Crippen molar-refractivity contribution in [1.29, 1.82) is 0 Å². The first-order valence-corrected chi connectivity index (χ1v) is 5.69. The van der Waals surface area contributed by atoms with Crippen molar-refractivity contribution >= 4 is 28.9 Å². The molecule has 2 aromatic rings. The number of carboxylic acids is 1. The zero-order chi connectivity index (χ0) is 13.1. The maximum absolute atomic E-state index is 13.3. The molecule has 18 heavy (non-hydrogen) atoms. The Morgan fingerprint density at radius 3 is 2.83 bits per heavy atom. The lowest BCUT2D eigenvalue weighted by Gasteiger charge is -2.04. The van der Waals surface area contributed by atoms with E-state index in [-0.39, 0.29) is 16.1 Å². The van der Waals surface area contributed by atoms with E-state index in [1.54, 1.807) is 0 Å². The SMILES string of the molecule is O=C(Nc1ccsc1C(=O)O)c1ccncc1F. The smallest absolute Gasteiger partial charge is 0.348 e. The van der Waals surface area contributed by atoms with Gasteiger partial charge >= 0.3 is 5.97 Å². The molecule has 92 valence electrons. The summed E-state index contributed by atoms with van der Waals surface area (Å²) in [6.45, 7) is 0. The Balaban J connectivity index is 2.25. The fourth-order valence-electron chi connectivity index (χ4n) is 1.32. The van der Waals surface area contributed by atoms with Crippen LogP contribution in [0.1, 0.15) is 20.0 Å². The lowest BCUT2D eigenvalue weighted by molar-refractivity contribution is 0.0703. The predicted octanol–water partition coefficient (Wildman–Crippen LogP) is 2.23. The number of carbonyl (C=O) groups excluding carboxylic acids is 1. The number of anilines is 1. The zero-order valence-corrected chi connectivity index (χ0v) is 9.70. The Bertz CT molecular complexity index is 612. The van der Waals surface area contributed by atoms with Crippen molar-refractivity contribution in [2.45, 2.75) is 0 Å². The highest BCUT2D eigenvalue weighted by Crippen LogP contribution is 2.23. The number of carboxylic acid groups (broad SMARTS) is 1. The van der Waals surface area contributed by atoms with Gasteiger partial charge in [-0.1, -0.05) is 0 Å². The molecule has 0 atom stereocenters. The molecule has 0 fully saturated rings. The van der Waals surface area contributed by atoms with E-state index in [1.165, 1.54) is 23.7 Å². The third-order valence-corrected chi connectivity index (χ3v) is 3.03.